The van der Waals surface area contributed by atoms with Crippen molar-refractivity contribution in [3.63, 3.8) is 0 Å². The first kappa shape index (κ1) is 10.2. The molecule has 1 aromatic rings. The van der Waals surface area contributed by atoms with E-state index in [-0.39, 0.29) is 11.1 Å². The Bertz CT molecular complexity index is 363. The summed E-state index contributed by atoms with van der Waals surface area (Å²) >= 11 is 0. The largest absolute Gasteiger partial charge is 0.478 e. The first-order valence-corrected chi connectivity index (χ1v) is 3.60. The minimum absolute atomic E-state index is 0.0888. The summed E-state index contributed by atoms with van der Waals surface area (Å²) in [6, 6.07) is 5.56. The molecular formula is C8H7NO5. The van der Waals surface area contributed by atoms with Crippen molar-refractivity contribution in [1.29, 1.82) is 0 Å². The topological polar surface area (TPSA) is 95.9 Å². The molecule has 0 fully saturated rings. The molecule has 0 radical (unpaired) electrons. The molecular weight excluding hydrogens is 190 g/mol. The Hall–Kier alpha value is -1.92. The number of carboxylic acid groups (broad SMARTS) is 1. The van der Waals surface area contributed by atoms with Crippen molar-refractivity contribution in [3.05, 3.63) is 35.4 Å². The van der Waals surface area contributed by atoms with Gasteiger partial charge in [0.2, 0.25) is 0 Å². The summed E-state index contributed by atoms with van der Waals surface area (Å²) in [4.78, 5) is 25.2. The predicted octanol–water partition coefficient (Wildman–Crippen LogP) is 0.519. The van der Waals surface area contributed by atoms with Gasteiger partial charge in [-0.2, -0.15) is 5.48 Å². The van der Waals surface area contributed by atoms with Gasteiger partial charge in [-0.15, -0.1) is 4.99 Å². The van der Waals surface area contributed by atoms with Crippen LogP contribution in [0.3, 0.4) is 0 Å². The number of nitrogens with one attached hydrogen (secondary N) is 1. The van der Waals surface area contributed by atoms with Gasteiger partial charge in [-0.25, -0.2) is 10.1 Å². The Balaban J connectivity index is 3.07. The van der Waals surface area contributed by atoms with Crippen molar-refractivity contribution in [1.82, 2.24) is 5.48 Å². The van der Waals surface area contributed by atoms with E-state index in [1.54, 1.807) is 5.48 Å². The maximum atomic E-state index is 11.1. The quantitative estimate of drug-likeness (QED) is 0.485. The molecule has 6 heteroatoms. The van der Waals surface area contributed by atoms with Gasteiger partial charge < -0.3 is 5.11 Å². The van der Waals surface area contributed by atoms with Crippen LogP contribution >= 0.6 is 0 Å². The van der Waals surface area contributed by atoms with Gasteiger partial charge >= 0.3 is 5.97 Å². The van der Waals surface area contributed by atoms with E-state index in [4.69, 9.17) is 10.4 Å². The number of carbonyl (C=O) groups excluding carboxylic acids is 1. The van der Waals surface area contributed by atoms with Gasteiger partial charge in [0.25, 0.3) is 5.91 Å². The normalized spacial score (nSPS) is 9.50. The highest BCUT2D eigenvalue weighted by Gasteiger charge is 2.15. The molecule has 0 heterocycles. The second kappa shape index (κ2) is 4.35. The third kappa shape index (κ3) is 2.06. The molecule has 14 heavy (non-hydrogen) atoms. The van der Waals surface area contributed by atoms with E-state index < -0.39 is 11.9 Å². The maximum Gasteiger partial charge on any atom is 0.336 e. The molecule has 0 bridgehead atoms. The van der Waals surface area contributed by atoms with Crippen LogP contribution in [0.5, 0.6) is 0 Å². The summed E-state index contributed by atoms with van der Waals surface area (Å²) in [5.74, 6) is -2.06. The first-order chi connectivity index (χ1) is 6.66. The number of aromatic carboxylic acids is 1. The molecule has 0 aliphatic rings. The van der Waals surface area contributed by atoms with E-state index in [0.29, 0.717) is 0 Å². The van der Waals surface area contributed by atoms with Crippen molar-refractivity contribution >= 4 is 11.9 Å². The lowest BCUT2D eigenvalue weighted by atomic mass is 10.1. The van der Waals surface area contributed by atoms with Crippen molar-refractivity contribution < 1.29 is 24.9 Å². The Morgan fingerprint density at radius 3 is 2.29 bits per heavy atom. The van der Waals surface area contributed by atoms with Gasteiger partial charge in [0, 0.05) is 0 Å². The van der Waals surface area contributed by atoms with Crippen LogP contribution in [-0.4, -0.2) is 22.2 Å². The van der Waals surface area contributed by atoms with Crippen LogP contribution in [0, 0.1) is 0 Å². The number of carboxylic acids is 1. The molecule has 0 saturated carbocycles. The van der Waals surface area contributed by atoms with Crippen molar-refractivity contribution in [2.24, 2.45) is 0 Å². The Morgan fingerprint density at radius 1 is 1.21 bits per heavy atom. The fraction of sp³-hybridized carbons (Fsp3) is 0. The lowest BCUT2D eigenvalue weighted by Crippen LogP contribution is -2.24. The second-order valence-corrected chi connectivity index (χ2v) is 2.37. The van der Waals surface area contributed by atoms with Gasteiger partial charge in [-0.05, 0) is 12.1 Å². The molecule has 0 aliphatic carbocycles. The molecule has 0 spiro atoms. The Morgan fingerprint density at radius 2 is 1.79 bits per heavy atom. The monoisotopic (exact) mass is 197 g/mol. The summed E-state index contributed by atoms with van der Waals surface area (Å²) in [7, 11) is 0. The number of amides is 1. The van der Waals surface area contributed by atoms with Crippen LogP contribution in [0.2, 0.25) is 0 Å². The molecule has 0 saturated heterocycles. The highest BCUT2D eigenvalue weighted by atomic mass is 17.2. The number of hydrogen-bond donors (Lipinski definition) is 3. The number of benzene rings is 1. The van der Waals surface area contributed by atoms with E-state index in [9.17, 15) is 9.59 Å². The van der Waals surface area contributed by atoms with Crippen molar-refractivity contribution in [2.45, 2.75) is 0 Å². The van der Waals surface area contributed by atoms with E-state index >= 15 is 0 Å². The van der Waals surface area contributed by atoms with Gasteiger partial charge in [0.05, 0.1) is 11.1 Å². The van der Waals surface area contributed by atoms with Crippen LogP contribution in [0.25, 0.3) is 0 Å². The predicted molar refractivity (Wildman–Crippen MR) is 44.6 cm³/mol. The van der Waals surface area contributed by atoms with Gasteiger partial charge in [-0.3, -0.25) is 4.79 Å². The Kier molecular flexibility index (Phi) is 3.16. The fourth-order valence-corrected chi connectivity index (χ4v) is 0.964. The van der Waals surface area contributed by atoms with Crippen LogP contribution in [-0.2, 0) is 4.99 Å². The zero-order chi connectivity index (χ0) is 10.6. The first-order valence-electron chi connectivity index (χ1n) is 3.60. The summed E-state index contributed by atoms with van der Waals surface area (Å²) in [5.41, 5.74) is 1.36. The number of rotatable bonds is 3. The smallest absolute Gasteiger partial charge is 0.336 e. The third-order valence-corrected chi connectivity index (χ3v) is 1.54. The maximum absolute atomic E-state index is 11.1. The van der Waals surface area contributed by atoms with Gasteiger partial charge in [-0.1, -0.05) is 12.1 Å². The zero-order valence-electron chi connectivity index (χ0n) is 6.93. The van der Waals surface area contributed by atoms with Crippen molar-refractivity contribution in [2.75, 3.05) is 0 Å². The van der Waals surface area contributed by atoms with E-state index in [2.05, 4.69) is 4.99 Å². The molecule has 3 N–H and O–H groups in total. The van der Waals surface area contributed by atoms with Crippen LogP contribution < -0.4 is 5.48 Å². The molecule has 6 nitrogen and oxygen atoms in total. The lowest BCUT2D eigenvalue weighted by Gasteiger charge is -2.03. The minimum Gasteiger partial charge on any atom is -0.478 e. The molecule has 1 aromatic carbocycles. The van der Waals surface area contributed by atoms with Gasteiger partial charge in [0.1, 0.15) is 0 Å². The minimum atomic E-state index is -1.23. The van der Waals surface area contributed by atoms with Crippen LogP contribution in [0.4, 0.5) is 0 Å². The molecule has 74 valence electrons. The molecule has 1 amide bonds. The van der Waals surface area contributed by atoms with Crippen LogP contribution in [0.15, 0.2) is 24.3 Å². The third-order valence-electron chi connectivity index (χ3n) is 1.54. The highest BCUT2D eigenvalue weighted by molar-refractivity contribution is 6.04. The molecule has 0 unspecified atom stereocenters. The fourth-order valence-electron chi connectivity index (χ4n) is 0.964. The zero-order valence-corrected chi connectivity index (χ0v) is 6.93. The number of hydrogen-bond acceptors (Lipinski definition) is 4. The van der Waals surface area contributed by atoms with Gasteiger partial charge in [0.15, 0.2) is 0 Å². The SMILES string of the molecule is O=C(O)c1ccccc1C(=O)NOO. The van der Waals surface area contributed by atoms with Crippen LogP contribution in [0.1, 0.15) is 20.7 Å². The summed E-state index contributed by atoms with van der Waals surface area (Å²) < 4.78 is 0. The summed E-state index contributed by atoms with van der Waals surface area (Å²) in [6.07, 6.45) is 0. The molecule has 0 atom stereocenters. The van der Waals surface area contributed by atoms with E-state index in [0.717, 1.165) is 0 Å². The second-order valence-electron chi connectivity index (χ2n) is 2.37. The number of hydroxylamine groups is 1. The summed E-state index contributed by atoms with van der Waals surface area (Å²) in [5, 5.41) is 16.6. The Labute approximate surface area is 78.6 Å². The van der Waals surface area contributed by atoms with E-state index in [1.807, 2.05) is 0 Å². The van der Waals surface area contributed by atoms with Crippen molar-refractivity contribution in [3.8, 4) is 0 Å². The summed E-state index contributed by atoms with van der Waals surface area (Å²) in [6.45, 7) is 0. The molecule has 0 aromatic heterocycles. The van der Waals surface area contributed by atoms with E-state index in [1.165, 1.54) is 24.3 Å². The average molecular weight is 197 g/mol. The molecule has 1 rings (SSSR count). The highest BCUT2D eigenvalue weighted by Crippen LogP contribution is 2.08. The number of carbonyl (C=O) groups is 2. The lowest BCUT2D eigenvalue weighted by molar-refractivity contribution is -0.277. The average Bonchev–Trinajstić information content (AvgIpc) is 2.18. The standard InChI is InChI=1S/C8H7NO5/c10-7(9-14-13)5-3-1-2-4-6(5)8(11)12/h1-4,13H,(H,9,10)(H,11,12). The molecule has 0 aliphatic heterocycles.